The largest absolute Gasteiger partial charge is 0.491 e. The molecule has 4 rings (SSSR count). The molecule has 26 heavy (non-hydrogen) atoms. The molecule has 0 aliphatic carbocycles. The number of benzene rings is 2. The highest BCUT2D eigenvalue weighted by Crippen LogP contribution is 2.26. The van der Waals surface area contributed by atoms with E-state index in [9.17, 15) is 9.18 Å². The number of halogens is 1. The Balaban J connectivity index is 1.52. The third-order valence-electron chi connectivity index (χ3n) is 4.54. The van der Waals surface area contributed by atoms with E-state index >= 15 is 0 Å². The summed E-state index contributed by atoms with van der Waals surface area (Å²) in [5.41, 5.74) is 2.20. The number of hydrogen-bond acceptors (Lipinski definition) is 2. The number of carbonyl (C=O) groups is 1. The van der Waals surface area contributed by atoms with Crippen LogP contribution in [0.25, 0.3) is 0 Å². The second-order valence-corrected chi connectivity index (χ2v) is 6.35. The average molecular weight is 350 g/mol. The molecule has 0 fully saturated rings. The van der Waals surface area contributed by atoms with Crippen LogP contribution in [0.3, 0.4) is 0 Å². The van der Waals surface area contributed by atoms with E-state index in [1.54, 1.807) is 23.1 Å². The van der Waals surface area contributed by atoms with Gasteiger partial charge in [-0.25, -0.2) is 4.39 Å². The van der Waals surface area contributed by atoms with E-state index in [0.717, 1.165) is 0 Å². The molecule has 0 radical (unpaired) electrons. The maximum atomic E-state index is 14.1. The first-order valence-electron chi connectivity index (χ1n) is 8.60. The zero-order valence-electron chi connectivity index (χ0n) is 14.3. The lowest BCUT2D eigenvalue weighted by molar-refractivity contribution is 0.0732. The third kappa shape index (κ3) is 3.33. The van der Waals surface area contributed by atoms with Gasteiger partial charge >= 0.3 is 0 Å². The summed E-state index contributed by atoms with van der Waals surface area (Å²) >= 11 is 0. The lowest BCUT2D eigenvalue weighted by Crippen LogP contribution is -2.32. The first-order valence-corrected chi connectivity index (χ1v) is 8.60. The van der Waals surface area contributed by atoms with Gasteiger partial charge in [-0.3, -0.25) is 4.79 Å². The Morgan fingerprint density at radius 1 is 1.08 bits per heavy atom. The highest BCUT2D eigenvalue weighted by atomic mass is 19.1. The van der Waals surface area contributed by atoms with E-state index in [4.69, 9.17) is 4.74 Å². The van der Waals surface area contributed by atoms with Gasteiger partial charge in [0.15, 0.2) is 0 Å². The van der Waals surface area contributed by atoms with Gasteiger partial charge in [0.2, 0.25) is 0 Å². The second kappa shape index (κ2) is 7.04. The first-order chi connectivity index (χ1) is 12.7. The van der Waals surface area contributed by atoms with Gasteiger partial charge in [0.25, 0.3) is 5.91 Å². The lowest BCUT2D eigenvalue weighted by Gasteiger charge is -2.19. The van der Waals surface area contributed by atoms with Gasteiger partial charge in [-0.15, -0.1) is 0 Å². The fraction of sp³-hybridized carbons (Fsp3) is 0.190. The molecule has 0 bridgehead atoms. The summed E-state index contributed by atoms with van der Waals surface area (Å²) in [5.74, 6) is 0.0577. The molecule has 0 spiro atoms. The highest BCUT2D eigenvalue weighted by molar-refractivity contribution is 5.94. The van der Waals surface area contributed by atoms with E-state index in [1.807, 2.05) is 47.3 Å². The van der Waals surface area contributed by atoms with E-state index in [-0.39, 0.29) is 18.3 Å². The Labute approximate surface area is 151 Å². The highest BCUT2D eigenvalue weighted by Gasteiger charge is 2.23. The summed E-state index contributed by atoms with van der Waals surface area (Å²) in [6.07, 6.45) is 3.73. The summed E-state index contributed by atoms with van der Waals surface area (Å²) in [6.45, 7) is 1.70. The van der Waals surface area contributed by atoms with Gasteiger partial charge in [-0.1, -0.05) is 36.4 Å². The third-order valence-corrected chi connectivity index (χ3v) is 4.54. The SMILES string of the molecule is O=C(c1ccn(Cc2ccccc2)c1)N1CCOc2cccc(F)c2C1. The standard InChI is InChI=1S/C21H19FN2O2/c22-19-7-4-8-20-18(19)15-24(11-12-26-20)21(25)17-9-10-23(14-17)13-16-5-2-1-3-6-16/h1-10,14H,11-13,15H2. The predicted molar refractivity (Wildman–Crippen MR) is 96.6 cm³/mol. The number of amides is 1. The molecule has 3 aromatic rings. The number of ether oxygens (including phenoxy) is 1. The number of hydrogen-bond donors (Lipinski definition) is 0. The fourth-order valence-corrected chi connectivity index (χ4v) is 3.18. The molecule has 4 nitrogen and oxygen atoms in total. The van der Waals surface area contributed by atoms with E-state index in [1.165, 1.54) is 11.6 Å². The van der Waals surface area contributed by atoms with Crippen molar-refractivity contribution in [1.29, 1.82) is 0 Å². The monoisotopic (exact) mass is 350 g/mol. The molecule has 0 saturated heterocycles. The van der Waals surface area contributed by atoms with Crippen molar-refractivity contribution in [2.45, 2.75) is 13.1 Å². The molecule has 2 aromatic carbocycles. The molecule has 1 aromatic heterocycles. The Hall–Kier alpha value is -3.08. The van der Waals surface area contributed by atoms with Gasteiger partial charge in [-0.05, 0) is 23.8 Å². The Morgan fingerprint density at radius 2 is 1.92 bits per heavy atom. The molecule has 1 aliphatic rings. The number of nitrogens with zero attached hydrogens (tertiary/aromatic N) is 2. The molecule has 0 N–H and O–H groups in total. The van der Waals surface area contributed by atoms with Crippen LogP contribution in [0.15, 0.2) is 67.0 Å². The maximum Gasteiger partial charge on any atom is 0.255 e. The van der Waals surface area contributed by atoms with E-state index < -0.39 is 0 Å². The molecule has 132 valence electrons. The number of fused-ring (bicyclic) bond motifs is 1. The molecule has 0 saturated carbocycles. The topological polar surface area (TPSA) is 34.5 Å². The van der Waals surface area contributed by atoms with Crippen LogP contribution < -0.4 is 4.74 Å². The average Bonchev–Trinajstić information content (AvgIpc) is 3.00. The van der Waals surface area contributed by atoms with Gasteiger partial charge in [0.05, 0.1) is 18.7 Å². The van der Waals surface area contributed by atoms with Crippen molar-refractivity contribution in [3.63, 3.8) is 0 Å². The number of carbonyl (C=O) groups excluding carboxylic acids is 1. The molecule has 5 heteroatoms. The van der Waals surface area contributed by atoms with Crippen molar-refractivity contribution in [2.24, 2.45) is 0 Å². The van der Waals surface area contributed by atoms with Crippen molar-refractivity contribution in [2.75, 3.05) is 13.2 Å². The van der Waals surface area contributed by atoms with Crippen LogP contribution in [0, 0.1) is 5.82 Å². The normalized spacial score (nSPS) is 13.7. The van der Waals surface area contributed by atoms with Crippen LogP contribution in [-0.2, 0) is 13.1 Å². The fourth-order valence-electron chi connectivity index (χ4n) is 3.18. The van der Waals surface area contributed by atoms with Crippen molar-refractivity contribution < 1.29 is 13.9 Å². The first kappa shape index (κ1) is 16.4. The van der Waals surface area contributed by atoms with Gasteiger partial charge in [0.1, 0.15) is 18.2 Å². The number of aromatic nitrogens is 1. The molecule has 1 aliphatic heterocycles. The maximum absolute atomic E-state index is 14.1. The van der Waals surface area contributed by atoms with Crippen LogP contribution in [0.4, 0.5) is 4.39 Å². The molecule has 0 atom stereocenters. The van der Waals surface area contributed by atoms with E-state index in [2.05, 4.69) is 0 Å². The molecule has 2 heterocycles. The summed E-state index contributed by atoms with van der Waals surface area (Å²) in [6, 6.07) is 16.6. The van der Waals surface area contributed by atoms with Crippen molar-refractivity contribution >= 4 is 5.91 Å². The van der Waals surface area contributed by atoms with Crippen LogP contribution >= 0.6 is 0 Å². The Morgan fingerprint density at radius 3 is 2.77 bits per heavy atom. The van der Waals surface area contributed by atoms with E-state index in [0.29, 0.717) is 36.6 Å². The van der Waals surface area contributed by atoms with Crippen LogP contribution in [0.1, 0.15) is 21.5 Å². The zero-order valence-corrected chi connectivity index (χ0v) is 14.3. The van der Waals surface area contributed by atoms with Crippen molar-refractivity contribution in [3.8, 4) is 5.75 Å². The van der Waals surface area contributed by atoms with Gasteiger partial charge in [0, 0.05) is 24.5 Å². The van der Waals surface area contributed by atoms with Crippen LogP contribution in [0.5, 0.6) is 5.75 Å². The summed E-state index contributed by atoms with van der Waals surface area (Å²) in [4.78, 5) is 14.5. The molecule has 0 unspecified atom stereocenters. The smallest absolute Gasteiger partial charge is 0.255 e. The summed E-state index contributed by atoms with van der Waals surface area (Å²) in [5, 5.41) is 0. The minimum Gasteiger partial charge on any atom is -0.491 e. The number of rotatable bonds is 3. The second-order valence-electron chi connectivity index (χ2n) is 6.35. The van der Waals surface area contributed by atoms with Crippen molar-refractivity contribution in [3.05, 3.63) is 89.5 Å². The van der Waals surface area contributed by atoms with Crippen LogP contribution in [0.2, 0.25) is 0 Å². The quantitative estimate of drug-likeness (QED) is 0.722. The summed E-state index contributed by atoms with van der Waals surface area (Å²) in [7, 11) is 0. The molecular weight excluding hydrogens is 331 g/mol. The minimum absolute atomic E-state index is 0.114. The molecule has 1 amide bonds. The summed E-state index contributed by atoms with van der Waals surface area (Å²) < 4.78 is 21.7. The van der Waals surface area contributed by atoms with Crippen molar-refractivity contribution in [1.82, 2.24) is 9.47 Å². The lowest BCUT2D eigenvalue weighted by atomic mass is 10.1. The Kier molecular flexibility index (Phi) is 4.44. The minimum atomic E-state index is -0.344. The Bertz CT molecular complexity index is 921. The van der Waals surface area contributed by atoms with Gasteiger partial charge in [-0.2, -0.15) is 0 Å². The zero-order chi connectivity index (χ0) is 17.9. The van der Waals surface area contributed by atoms with Gasteiger partial charge < -0.3 is 14.2 Å². The van der Waals surface area contributed by atoms with Crippen LogP contribution in [-0.4, -0.2) is 28.5 Å². The predicted octanol–water partition coefficient (Wildman–Crippen LogP) is 3.71. The molecular formula is C21H19FN2O2.